The molecule has 3 aromatic carbocycles. The zero-order chi connectivity index (χ0) is 24.7. The van der Waals surface area contributed by atoms with Gasteiger partial charge in [-0.05, 0) is 74.3 Å². The Balaban J connectivity index is 1.59. The Labute approximate surface area is 207 Å². The monoisotopic (exact) mass is 474 g/mol. The van der Waals surface area contributed by atoms with Crippen molar-refractivity contribution in [2.45, 2.75) is 32.1 Å². The van der Waals surface area contributed by atoms with Crippen LogP contribution < -0.4 is 26.0 Å². The lowest BCUT2D eigenvalue weighted by molar-refractivity contribution is -0.121. The van der Waals surface area contributed by atoms with E-state index in [0.29, 0.717) is 38.2 Å². The van der Waals surface area contributed by atoms with Crippen molar-refractivity contribution in [1.29, 1.82) is 0 Å². The molecule has 0 unspecified atom stereocenters. The van der Waals surface area contributed by atoms with E-state index in [1.54, 1.807) is 4.90 Å². The number of amides is 3. The van der Waals surface area contributed by atoms with E-state index in [1.807, 2.05) is 84.9 Å². The second-order valence-corrected chi connectivity index (χ2v) is 8.16. The average molecular weight is 475 g/mol. The molecular formula is C28H34N4O3. The standard InChI is InChI=1S/C28H34N4O3/c29-20-9-3-8-15-27(33)30-21-10-22-32(28(34)31-23-11-4-1-5-12-23)24-16-18-26(19-17-24)35-25-13-6-2-7-14-25/h1-2,4-7,11-14,16-19H,3,8-10,15,20-22,29H2,(H,30,33)(H,31,34). The van der Waals surface area contributed by atoms with Crippen LogP contribution in [0.2, 0.25) is 0 Å². The van der Waals surface area contributed by atoms with Crippen LogP contribution in [0, 0.1) is 0 Å². The molecule has 0 radical (unpaired) electrons. The highest BCUT2D eigenvalue weighted by Crippen LogP contribution is 2.25. The molecule has 35 heavy (non-hydrogen) atoms. The number of rotatable bonds is 13. The van der Waals surface area contributed by atoms with Gasteiger partial charge in [0.2, 0.25) is 5.91 Å². The van der Waals surface area contributed by atoms with Gasteiger partial charge in [-0.15, -0.1) is 0 Å². The van der Waals surface area contributed by atoms with E-state index >= 15 is 0 Å². The van der Waals surface area contributed by atoms with Crippen molar-refractivity contribution in [1.82, 2.24) is 5.32 Å². The third kappa shape index (κ3) is 9.14. The molecule has 0 bridgehead atoms. The highest BCUT2D eigenvalue weighted by molar-refractivity contribution is 6.01. The second kappa shape index (κ2) is 14.4. The van der Waals surface area contributed by atoms with Gasteiger partial charge in [-0.1, -0.05) is 42.8 Å². The minimum Gasteiger partial charge on any atom is -0.457 e. The summed E-state index contributed by atoms with van der Waals surface area (Å²) in [5.41, 5.74) is 6.95. The molecule has 0 atom stereocenters. The molecule has 4 N–H and O–H groups in total. The molecule has 3 amide bonds. The first-order chi connectivity index (χ1) is 17.2. The van der Waals surface area contributed by atoms with Gasteiger partial charge in [0.05, 0.1) is 0 Å². The number of urea groups is 1. The van der Waals surface area contributed by atoms with E-state index in [0.717, 1.165) is 36.4 Å². The molecule has 0 heterocycles. The maximum absolute atomic E-state index is 13.1. The molecule has 184 valence electrons. The largest absolute Gasteiger partial charge is 0.457 e. The van der Waals surface area contributed by atoms with Gasteiger partial charge in [0.15, 0.2) is 0 Å². The number of carbonyl (C=O) groups excluding carboxylic acids is 2. The van der Waals surface area contributed by atoms with Crippen LogP contribution >= 0.6 is 0 Å². The summed E-state index contributed by atoms with van der Waals surface area (Å²) < 4.78 is 5.87. The number of carbonyl (C=O) groups is 2. The number of anilines is 2. The fourth-order valence-corrected chi connectivity index (χ4v) is 3.54. The minimum atomic E-state index is -0.235. The van der Waals surface area contributed by atoms with Crippen LogP contribution in [0.5, 0.6) is 11.5 Å². The highest BCUT2D eigenvalue weighted by atomic mass is 16.5. The molecule has 0 saturated carbocycles. The molecule has 0 aliphatic carbocycles. The molecule has 0 fully saturated rings. The number of nitrogens with one attached hydrogen (secondary N) is 2. The van der Waals surface area contributed by atoms with Crippen LogP contribution in [-0.2, 0) is 4.79 Å². The van der Waals surface area contributed by atoms with Gasteiger partial charge in [0.1, 0.15) is 11.5 Å². The van der Waals surface area contributed by atoms with Gasteiger partial charge < -0.3 is 21.1 Å². The van der Waals surface area contributed by atoms with E-state index in [2.05, 4.69) is 10.6 Å². The van der Waals surface area contributed by atoms with E-state index in [9.17, 15) is 9.59 Å². The maximum Gasteiger partial charge on any atom is 0.326 e. The van der Waals surface area contributed by atoms with Gasteiger partial charge >= 0.3 is 6.03 Å². The van der Waals surface area contributed by atoms with Crippen molar-refractivity contribution < 1.29 is 14.3 Å². The number of ether oxygens (including phenoxy) is 1. The van der Waals surface area contributed by atoms with Crippen LogP contribution in [0.4, 0.5) is 16.2 Å². The molecule has 3 aromatic rings. The summed E-state index contributed by atoms with van der Waals surface area (Å²) in [4.78, 5) is 26.8. The van der Waals surface area contributed by atoms with Gasteiger partial charge in [-0.25, -0.2) is 4.79 Å². The quantitative estimate of drug-likeness (QED) is 0.283. The minimum absolute atomic E-state index is 0.0322. The smallest absolute Gasteiger partial charge is 0.326 e. The zero-order valence-electron chi connectivity index (χ0n) is 20.0. The highest BCUT2D eigenvalue weighted by Gasteiger charge is 2.16. The summed E-state index contributed by atoms with van der Waals surface area (Å²) in [6, 6.07) is 26.0. The summed E-state index contributed by atoms with van der Waals surface area (Å²) in [5, 5.41) is 5.89. The summed E-state index contributed by atoms with van der Waals surface area (Å²) >= 11 is 0. The zero-order valence-corrected chi connectivity index (χ0v) is 20.0. The fourth-order valence-electron chi connectivity index (χ4n) is 3.54. The van der Waals surface area contributed by atoms with E-state index < -0.39 is 0 Å². The van der Waals surface area contributed by atoms with Crippen molar-refractivity contribution in [2.24, 2.45) is 5.73 Å². The lowest BCUT2D eigenvalue weighted by Gasteiger charge is -2.24. The third-order valence-electron chi connectivity index (χ3n) is 5.39. The van der Waals surface area contributed by atoms with E-state index in [4.69, 9.17) is 10.5 Å². The number of unbranched alkanes of at least 4 members (excludes halogenated alkanes) is 2. The summed E-state index contributed by atoms with van der Waals surface area (Å²) in [7, 11) is 0. The Morgan fingerprint density at radius 2 is 1.43 bits per heavy atom. The van der Waals surface area contributed by atoms with Gasteiger partial charge in [0.25, 0.3) is 0 Å². The van der Waals surface area contributed by atoms with Gasteiger partial charge in [-0.3, -0.25) is 9.69 Å². The molecule has 7 heteroatoms. The molecule has 0 spiro atoms. The molecule has 0 aliphatic heterocycles. The number of hydrogen-bond donors (Lipinski definition) is 3. The Bertz CT molecular complexity index is 1030. The Hall–Kier alpha value is -3.84. The molecule has 0 aromatic heterocycles. The predicted molar refractivity (Wildman–Crippen MR) is 141 cm³/mol. The SMILES string of the molecule is NCCCCCC(=O)NCCCN(C(=O)Nc1ccccc1)c1ccc(Oc2ccccc2)cc1. The Morgan fingerprint density at radius 3 is 2.11 bits per heavy atom. The Morgan fingerprint density at radius 1 is 0.771 bits per heavy atom. The molecular weight excluding hydrogens is 440 g/mol. The molecule has 3 rings (SSSR count). The maximum atomic E-state index is 13.1. The topological polar surface area (TPSA) is 96.7 Å². The first-order valence-electron chi connectivity index (χ1n) is 12.1. The van der Waals surface area contributed by atoms with Crippen LogP contribution in [-0.4, -0.2) is 31.6 Å². The van der Waals surface area contributed by atoms with Crippen molar-refractivity contribution in [2.75, 3.05) is 29.9 Å². The predicted octanol–water partition coefficient (Wildman–Crippen LogP) is 5.54. The normalized spacial score (nSPS) is 10.4. The first-order valence-corrected chi connectivity index (χ1v) is 12.1. The lowest BCUT2D eigenvalue weighted by atomic mass is 10.2. The van der Waals surface area contributed by atoms with Crippen LogP contribution in [0.1, 0.15) is 32.1 Å². The molecule has 0 saturated heterocycles. The van der Waals surface area contributed by atoms with Crippen LogP contribution in [0.3, 0.4) is 0 Å². The van der Waals surface area contributed by atoms with Crippen LogP contribution in [0.25, 0.3) is 0 Å². The Kier molecular flexibility index (Phi) is 10.6. The van der Waals surface area contributed by atoms with Gasteiger partial charge in [-0.2, -0.15) is 0 Å². The second-order valence-electron chi connectivity index (χ2n) is 8.16. The molecule has 0 aliphatic rings. The summed E-state index contributed by atoms with van der Waals surface area (Å²) in [6.45, 7) is 1.60. The third-order valence-corrected chi connectivity index (χ3v) is 5.39. The average Bonchev–Trinajstić information content (AvgIpc) is 2.88. The van der Waals surface area contributed by atoms with Crippen molar-refractivity contribution in [3.8, 4) is 11.5 Å². The summed E-state index contributed by atoms with van der Waals surface area (Å²) in [5.74, 6) is 1.47. The fraction of sp³-hybridized carbons (Fsp3) is 0.286. The number of para-hydroxylation sites is 2. The number of hydrogen-bond acceptors (Lipinski definition) is 4. The van der Waals surface area contributed by atoms with Crippen molar-refractivity contribution in [3.05, 3.63) is 84.9 Å². The molecule has 7 nitrogen and oxygen atoms in total. The lowest BCUT2D eigenvalue weighted by Crippen LogP contribution is -2.37. The van der Waals surface area contributed by atoms with E-state index in [-0.39, 0.29) is 11.9 Å². The van der Waals surface area contributed by atoms with Crippen LogP contribution in [0.15, 0.2) is 84.9 Å². The number of nitrogens with zero attached hydrogens (tertiary/aromatic N) is 1. The number of benzene rings is 3. The van der Waals surface area contributed by atoms with Crippen molar-refractivity contribution >= 4 is 23.3 Å². The van der Waals surface area contributed by atoms with E-state index in [1.165, 1.54) is 0 Å². The van der Waals surface area contributed by atoms with Crippen molar-refractivity contribution in [3.63, 3.8) is 0 Å². The number of nitrogens with two attached hydrogens (primary N) is 1. The van der Waals surface area contributed by atoms with Gasteiger partial charge in [0, 0.05) is 30.9 Å². The first kappa shape index (κ1) is 25.8. The summed E-state index contributed by atoms with van der Waals surface area (Å²) in [6.07, 6.45) is 3.86.